The first kappa shape index (κ1) is 31.5. The van der Waals surface area contributed by atoms with Gasteiger partial charge in [0.2, 0.25) is 11.9 Å². The van der Waals surface area contributed by atoms with Gasteiger partial charge in [0.15, 0.2) is 12.2 Å². The Kier molecular flexibility index (Phi) is 9.67. The van der Waals surface area contributed by atoms with Crippen molar-refractivity contribution in [1.29, 1.82) is 0 Å². The quantitative estimate of drug-likeness (QED) is 0.286. The first-order valence-corrected chi connectivity index (χ1v) is 13.6. The number of ether oxygens (including phenoxy) is 6. The summed E-state index contributed by atoms with van der Waals surface area (Å²) in [5.41, 5.74) is 3.93. The van der Waals surface area contributed by atoms with E-state index < -0.39 is 60.7 Å². The molecule has 2 aliphatic carbocycles. The highest BCUT2D eigenvalue weighted by Crippen LogP contribution is 2.46. The minimum atomic E-state index is -2.10. The van der Waals surface area contributed by atoms with Gasteiger partial charge in [0.25, 0.3) is 0 Å². The summed E-state index contributed by atoms with van der Waals surface area (Å²) in [7, 11) is 1.26. The maximum atomic E-state index is 12.4. The lowest BCUT2D eigenvalue weighted by Gasteiger charge is -2.50. The molecule has 0 aromatic heterocycles. The van der Waals surface area contributed by atoms with Crippen molar-refractivity contribution in [2.45, 2.75) is 64.3 Å². The third kappa shape index (κ3) is 7.12. The van der Waals surface area contributed by atoms with E-state index in [-0.39, 0.29) is 11.3 Å². The summed E-state index contributed by atoms with van der Waals surface area (Å²) in [5, 5.41) is 11.1. The van der Waals surface area contributed by atoms with Gasteiger partial charge >= 0.3 is 23.9 Å². The maximum Gasteiger partial charge on any atom is 0.303 e. The molecule has 0 unspecified atom stereocenters. The fraction of sp³-hybridized carbons (Fsp3) is 0.375. The van der Waals surface area contributed by atoms with Crippen molar-refractivity contribution in [3.05, 3.63) is 77.4 Å². The maximum absolute atomic E-state index is 12.4. The van der Waals surface area contributed by atoms with E-state index in [2.05, 4.69) is 12.1 Å². The van der Waals surface area contributed by atoms with Crippen LogP contribution in [0.25, 0.3) is 11.1 Å². The molecule has 0 saturated carbocycles. The lowest BCUT2D eigenvalue weighted by Crippen LogP contribution is -2.67. The Morgan fingerprint density at radius 3 is 1.93 bits per heavy atom. The van der Waals surface area contributed by atoms with Gasteiger partial charge in [0.05, 0.1) is 5.56 Å². The van der Waals surface area contributed by atoms with Crippen LogP contribution in [0.3, 0.4) is 0 Å². The molecular formula is C32H34O11. The van der Waals surface area contributed by atoms with Crippen LogP contribution in [0, 0.1) is 0 Å². The number of phenolic OH excluding ortho intramolecular Hbond substituents is 1. The van der Waals surface area contributed by atoms with Gasteiger partial charge in [-0.15, -0.1) is 0 Å². The first-order chi connectivity index (χ1) is 20.4. The number of carbonyl (C=O) groups is 4. The van der Waals surface area contributed by atoms with E-state index in [1.54, 1.807) is 12.1 Å². The van der Waals surface area contributed by atoms with Gasteiger partial charge in [0.1, 0.15) is 18.5 Å². The number of methoxy groups -OCH3 is 1. The van der Waals surface area contributed by atoms with Gasteiger partial charge in [-0.1, -0.05) is 48.5 Å². The van der Waals surface area contributed by atoms with Crippen molar-refractivity contribution in [2.24, 2.45) is 0 Å². The number of rotatable bonds is 9. The fourth-order valence-corrected chi connectivity index (χ4v) is 5.35. The molecule has 1 aliphatic heterocycles. The van der Waals surface area contributed by atoms with Crippen LogP contribution in [0.1, 0.15) is 44.4 Å². The van der Waals surface area contributed by atoms with Crippen LogP contribution in [0.5, 0.6) is 5.75 Å². The van der Waals surface area contributed by atoms with Crippen molar-refractivity contribution in [3.63, 3.8) is 0 Å². The second-order valence-electron chi connectivity index (χ2n) is 10.2. The van der Waals surface area contributed by atoms with Crippen molar-refractivity contribution in [3.8, 4) is 16.9 Å². The molecule has 0 bridgehead atoms. The average Bonchev–Trinajstić information content (AvgIpc) is 3.17. The molecule has 1 aromatic carbocycles. The second-order valence-corrected chi connectivity index (χ2v) is 10.2. The largest absolute Gasteiger partial charge is 0.507 e. The minimum Gasteiger partial charge on any atom is -0.507 e. The number of carbonyl (C=O) groups excluding carboxylic acids is 4. The Labute approximate surface area is 248 Å². The van der Waals surface area contributed by atoms with Crippen molar-refractivity contribution >= 4 is 23.9 Å². The zero-order valence-electron chi connectivity index (χ0n) is 24.5. The Morgan fingerprint density at radius 2 is 1.37 bits per heavy atom. The lowest BCUT2D eigenvalue weighted by molar-refractivity contribution is -0.368. The summed E-state index contributed by atoms with van der Waals surface area (Å²) >= 11 is 0. The normalized spacial score (nSPS) is 23.3. The van der Waals surface area contributed by atoms with Crippen LogP contribution in [0.15, 0.2) is 60.7 Å². The summed E-state index contributed by atoms with van der Waals surface area (Å²) < 4.78 is 34.1. The molecule has 3 aliphatic rings. The molecule has 11 heteroatoms. The van der Waals surface area contributed by atoms with Gasteiger partial charge in [-0.3, -0.25) is 19.2 Å². The smallest absolute Gasteiger partial charge is 0.303 e. The number of phenols is 1. The van der Waals surface area contributed by atoms with Gasteiger partial charge in [-0.25, -0.2) is 0 Å². The Bertz CT molecular complexity index is 1440. The first-order valence-electron chi connectivity index (χ1n) is 13.6. The molecule has 43 heavy (non-hydrogen) atoms. The highest BCUT2D eigenvalue weighted by Gasteiger charge is 2.62. The van der Waals surface area contributed by atoms with Gasteiger partial charge in [0, 0.05) is 34.8 Å². The summed E-state index contributed by atoms with van der Waals surface area (Å²) in [5.74, 6) is -5.36. The predicted octanol–water partition coefficient (Wildman–Crippen LogP) is 3.64. The van der Waals surface area contributed by atoms with Gasteiger partial charge in [-0.05, 0) is 40.8 Å². The number of aromatic hydroxyl groups is 1. The predicted molar refractivity (Wildman–Crippen MR) is 151 cm³/mol. The highest BCUT2D eigenvalue weighted by molar-refractivity contribution is 5.70. The van der Waals surface area contributed by atoms with Crippen molar-refractivity contribution in [1.82, 2.24) is 0 Å². The molecule has 228 valence electrons. The van der Waals surface area contributed by atoms with E-state index >= 15 is 0 Å². The zero-order valence-corrected chi connectivity index (χ0v) is 24.5. The lowest BCUT2D eigenvalue weighted by atomic mass is 9.85. The molecule has 1 saturated heterocycles. The monoisotopic (exact) mass is 594 g/mol. The summed E-state index contributed by atoms with van der Waals surface area (Å²) in [4.78, 5) is 48.5. The van der Waals surface area contributed by atoms with Crippen LogP contribution < -0.4 is 0 Å². The molecular weight excluding hydrogens is 560 g/mol. The van der Waals surface area contributed by atoms with Crippen LogP contribution in [0.4, 0.5) is 0 Å². The van der Waals surface area contributed by atoms with E-state index in [9.17, 15) is 24.3 Å². The summed E-state index contributed by atoms with van der Waals surface area (Å²) in [6.45, 7) is 4.13. The zero-order chi connectivity index (χ0) is 31.3. The van der Waals surface area contributed by atoms with Crippen LogP contribution >= 0.6 is 0 Å². The number of esters is 4. The molecule has 5 atom stereocenters. The molecule has 0 spiro atoms. The molecule has 4 rings (SSSR count). The minimum absolute atomic E-state index is 0.0486. The van der Waals surface area contributed by atoms with Crippen LogP contribution in [0.2, 0.25) is 0 Å². The van der Waals surface area contributed by atoms with Gasteiger partial charge < -0.3 is 33.5 Å². The van der Waals surface area contributed by atoms with Crippen LogP contribution in [-0.4, -0.2) is 67.1 Å². The standard InChI is InChI=1S/C32H34O11/c1-18(33)39-17-28-29(40-19(2)34)30(41-20(3)35)31(42-21(4)36)32(38-5,43-28)26-16-22(11-12-27(26)37)13-23-14-24-9-7-6-8-10-25(24)15-23/h6-12,14-16,28-31,37H,13,17H2,1-5H3/t28-,29-,30+,31-,32+/m1/s1. The van der Waals surface area contributed by atoms with E-state index in [0.717, 1.165) is 43.0 Å². The molecule has 1 heterocycles. The third-order valence-corrected chi connectivity index (χ3v) is 6.97. The summed E-state index contributed by atoms with van der Waals surface area (Å²) in [6.07, 6.45) is -5.24. The SMILES string of the molecule is CO[C@@]1(c2cc(Cc3cc4cccccc-4c3)ccc2O)O[C@H](COC(C)=O)[C@@H](OC(C)=O)[C@H](OC(C)=O)[C@H]1OC(C)=O. The highest BCUT2D eigenvalue weighted by atomic mass is 16.7. The van der Waals surface area contributed by atoms with E-state index in [1.165, 1.54) is 20.1 Å². The number of hydrogen-bond donors (Lipinski definition) is 1. The van der Waals surface area contributed by atoms with E-state index in [0.29, 0.717) is 6.42 Å². The van der Waals surface area contributed by atoms with E-state index in [1.807, 2.05) is 30.3 Å². The molecule has 0 radical (unpaired) electrons. The summed E-state index contributed by atoms with van der Waals surface area (Å²) in [6, 6.07) is 18.8. The molecule has 0 amide bonds. The van der Waals surface area contributed by atoms with Crippen LogP contribution in [-0.2, 0) is 59.8 Å². The topological polar surface area (TPSA) is 144 Å². The number of benzene rings is 1. The third-order valence-electron chi connectivity index (χ3n) is 6.97. The Hall–Kier alpha value is -4.48. The van der Waals surface area contributed by atoms with Gasteiger partial charge in [-0.2, -0.15) is 0 Å². The number of fused-ring (bicyclic) bond motifs is 1. The molecule has 11 nitrogen and oxygen atoms in total. The van der Waals surface area contributed by atoms with Crippen molar-refractivity contribution < 1.29 is 52.7 Å². The molecule has 1 aromatic rings. The fourth-order valence-electron chi connectivity index (χ4n) is 5.35. The second kappa shape index (κ2) is 13.2. The Balaban J connectivity index is 1.85. The Morgan fingerprint density at radius 1 is 0.767 bits per heavy atom. The molecule has 1 fully saturated rings. The van der Waals surface area contributed by atoms with E-state index in [4.69, 9.17) is 28.4 Å². The van der Waals surface area contributed by atoms with Crippen molar-refractivity contribution in [2.75, 3.05) is 13.7 Å². The number of hydrogen-bond acceptors (Lipinski definition) is 11. The average molecular weight is 595 g/mol. The molecule has 1 N–H and O–H groups in total.